The molecule has 0 aromatic heterocycles. The van der Waals surface area contributed by atoms with E-state index in [1.54, 1.807) is 0 Å². The highest BCUT2D eigenvalue weighted by Gasteiger charge is 2.25. The molecule has 1 aromatic rings. The van der Waals surface area contributed by atoms with E-state index in [1.807, 2.05) is 0 Å². The predicted molar refractivity (Wildman–Crippen MR) is 72.6 cm³/mol. The molecular formula is C15H24N2. The fourth-order valence-corrected chi connectivity index (χ4v) is 3.06. The molecule has 2 heteroatoms. The van der Waals surface area contributed by atoms with Crippen LogP contribution in [0.4, 0.5) is 0 Å². The average Bonchev–Trinajstić information content (AvgIpc) is 2.37. The summed E-state index contributed by atoms with van der Waals surface area (Å²) in [7, 11) is 0. The summed E-state index contributed by atoms with van der Waals surface area (Å²) in [6.07, 6.45) is 6.71. The van der Waals surface area contributed by atoms with Crippen LogP contribution >= 0.6 is 0 Å². The average molecular weight is 232 g/mol. The highest BCUT2D eigenvalue weighted by atomic mass is 15.2. The van der Waals surface area contributed by atoms with Crippen LogP contribution in [0.25, 0.3) is 0 Å². The van der Waals surface area contributed by atoms with Gasteiger partial charge in [-0.05, 0) is 49.3 Å². The van der Waals surface area contributed by atoms with E-state index in [0.717, 1.165) is 0 Å². The molecule has 1 saturated carbocycles. The minimum atomic E-state index is 0.329. The summed E-state index contributed by atoms with van der Waals surface area (Å²) in [5.74, 6) is 6.51. The maximum absolute atomic E-state index is 5.80. The number of rotatable bonds is 3. The second kappa shape index (κ2) is 5.65. The van der Waals surface area contributed by atoms with Crippen LogP contribution in [0.1, 0.15) is 54.8 Å². The standard InChI is InChI=1S/C15H24N2/c1-11-7-6-10-14(12(11)2)15(17-16)13-8-4-3-5-9-13/h6-7,10,13,15,17H,3-5,8-9,16H2,1-2H3. The van der Waals surface area contributed by atoms with Crippen LogP contribution in [0, 0.1) is 19.8 Å². The van der Waals surface area contributed by atoms with Crippen LogP contribution in [-0.2, 0) is 0 Å². The zero-order chi connectivity index (χ0) is 12.3. The summed E-state index contributed by atoms with van der Waals surface area (Å²) in [5.41, 5.74) is 7.19. The monoisotopic (exact) mass is 232 g/mol. The lowest BCUT2D eigenvalue weighted by Crippen LogP contribution is -2.35. The molecule has 0 aliphatic heterocycles. The molecular weight excluding hydrogens is 208 g/mol. The first-order chi connectivity index (χ1) is 8.24. The lowest BCUT2D eigenvalue weighted by Gasteiger charge is -2.31. The first kappa shape index (κ1) is 12.6. The number of hydrogen-bond acceptors (Lipinski definition) is 2. The second-order valence-corrected chi connectivity index (χ2v) is 5.33. The Hall–Kier alpha value is -0.860. The van der Waals surface area contributed by atoms with E-state index in [0.29, 0.717) is 12.0 Å². The lowest BCUT2D eigenvalue weighted by atomic mass is 9.80. The quantitative estimate of drug-likeness (QED) is 0.619. The second-order valence-electron chi connectivity index (χ2n) is 5.33. The zero-order valence-corrected chi connectivity index (χ0v) is 11.0. The van der Waals surface area contributed by atoms with Crippen molar-refractivity contribution >= 4 is 0 Å². The van der Waals surface area contributed by atoms with Crippen molar-refractivity contribution in [3.8, 4) is 0 Å². The summed E-state index contributed by atoms with van der Waals surface area (Å²) in [5, 5.41) is 0. The maximum atomic E-state index is 5.80. The third kappa shape index (κ3) is 2.70. The molecule has 0 radical (unpaired) electrons. The summed E-state index contributed by atoms with van der Waals surface area (Å²) in [6, 6.07) is 6.87. The van der Waals surface area contributed by atoms with Gasteiger partial charge < -0.3 is 0 Å². The molecule has 0 bridgehead atoms. The van der Waals surface area contributed by atoms with Crippen molar-refractivity contribution < 1.29 is 0 Å². The van der Waals surface area contributed by atoms with Crippen molar-refractivity contribution in [1.82, 2.24) is 5.43 Å². The van der Waals surface area contributed by atoms with E-state index < -0.39 is 0 Å². The minimum absolute atomic E-state index is 0.329. The Morgan fingerprint density at radius 1 is 1.18 bits per heavy atom. The number of nitrogens with one attached hydrogen (secondary N) is 1. The van der Waals surface area contributed by atoms with Crippen molar-refractivity contribution in [2.75, 3.05) is 0 Å². The van der Waals surface area contributed by atoms with Crippen molar-refractivity contribution in [1.29, 1.82) is 0 Å². The van der Waals surface area contributed by atoms with Gasteiger partial charge in [-0.1, -0.05) is 37.5 Å². The molecule has 17 heavy (non-hydrogen) atoms. The molecule has 2 rings (SSSR count). The van der Waals surface area contributed by atoms with Crippen molar-refractivity contribution in [2.45, 2.75) is 52.0 Å². The molecule has 1 atom stereocenters. The molecule has 1 fully saturated rings. The molecule has 1 aromatic carbocycles. The van der Waals surface area contributed by atoms with Crippen molar-refractivity contribution in [3.63, 3.8) is 0 Å². The predicted octanol–water partition coefficient (Wildman–Crippen LogP) is 3.39. The Labute approximate surface area is 105 Å². The Bertz CT molecular complexity index is 367. The highest BCUT2D eigenvalue weighted by molar-refractivity contribution is 5.35. The fraction of sp³-hybridized carbons (Fsp3) is 0.600. The summed E-state index contributed by atoms with van der Waals surface area (Å²) in [6.45, 7) is 4.38. The highest BCUT2D eigenvalue weighted by Crippen LogP contribution is 2.35. The van der Waals surface area contributed by atoms with Gasteiger partial charge in [0.25, 0.3) is 0 Å². The topological polar surface area (TPSA) is 38.0 Å². The number of benzene rings is 1. The Morgan fingerprint density at radius 3 is 2.53 bits per heavy atom. The Balaban J connectivity index is 2.24. The summed E-state index contributed by atoms with van der Waals surface area (Å²) in [4.78, 5) is 0. The largest absolute Gasteiger partial charge is 0.271 e. The van der Waals surface area contributed by atoms with Crippen LogP contribution in [0.15, 0.2) is 18.2 Å². The first-order valence-electron chi connectivity index (χ1n) is 6.76. The third-order valence-corrected chi connectivity index (χ3v) is 4.28. The molecule has 0 heterocycles. The van der Waals surface area contributed by atoms with Gasteiger partial charge in [0, 0.05) is 6.04 Å². The van der Waals surface area contributed by atoms with E-state index in [4.69, 9.17) is 5.84 Å². The molecule has 94 valence electrons. The van der Waals surface area contributed by atoms with Gasteiger partial charge in [-0.2, -0.15) is 0 Å². The summed E-state index contributed by atoms with van der Waals surface area (Å²) >= 11 is 0. The van der Waals surface area contributed by atoms with Gasteiger partial charge in [0.1, 0.15) is 0 Å². The van der Waals surface area contributed by atoms with E-state index in [1.165, 1.54) is 48.8 Å². The molecule has 0 amide bonds. The molecule has 0 saturated heterocycles. The van der Waals surface area contributed by atoms with E-state index in [9.17, 15) is 0 Å². The van der Waals surface area contributed by atoms with Gasteiger partial charge in [-0.15, -0.1) is 0 Å². The van der Waals surface area contributed by atoms with Crippen LogP contribution < -0.4 is 11.3 Å². The molecule has 2 nitrogen and oxygen atoms in total. The number of aryl methyl sites for hydroxylation is 1. The van der Waals surface area contributed by atoms with Gasteiger partial charge in [-0.25, -0.2) is 0 Å². The molecule has 0 spiro atoms. The van der Waals surface area contributed by atoms with E-state index in [2.05, 4.69) is 37.5 Å². The molecule has 1 unspecified atom stereocenters. The van der Waals surface area contributed by atoms with Crippen LogP contribution in [0.3, 0.4) is 0 Å². The third-order valence-electron chi connectivity index (χ3n) is 4.28. The lowest BCUT2D eigenvalue weighted by molar-refractivity contribution is 0.273. The zero-order valence-electron chi connectivity index (χ0n) is 11.0. The molecule has 1 aliphatic rings. The van der Waals surface area contributed by atoms with E-state index >= 15 is 0 Å². The van der Waals surface area contributed by atoms with Gasteiger partial charge in [0.2, 0.25) is 0 Å². The van der Waals surface area contributed by atoms with Crippen LogP contribution in [0.2, 0.25) is 0 Å². The Morgan fingerprint density at radius 2 is 1.88 bits per heavy atom. The van der Waals surface area contributed by atoms with Gasteiger partial charge in [0.05, 0.1) is 0 Å². The van der Waals surface area contributed by atoms with Crippen LogP contribution in [-0.4, -0.2) is 0 Å². The number of nitrogens with two attached hydrogens (primary N) is 1. The fourth-order valence-electron chi connectivity index (χ4n) is 3.06. The Kier molecular flexibility index (Phi) is 4.19. The smallest absolute Gasteiger partial charge is 0.0490 e. The first-order valence-corrected chi connectivity index (χ1v) is 6.76. The van der Waals surface area contributed by atoms with Gasteiger partial charge >= 0.3 is 0 Å². The normalized spacial score (nSPS) is 19.2. The minimum Gasteiger partial charge on any atom is -0.271 e. The van der Waals surface area contributed by atoms with Gasteiger partial charge in [0.15, 0.2) is 0 Å². The SMILES string of the molecule is Cc1cccc(C(NN)C2CCCCC2)c1C. The summed E-state index contributed by atoms with van der Waals surface area (Å²) < 4.78 is 0. The van der Waals surface area contributed by atoms with Crippen molar-refractivity contribution in [3.05, 3.63) is 34.9 Å². The maximum Gasteiger partial charge on any atom is 0.0490 e. The number of hydrogen-bond donors (Lipinski definition) is 2. The van der Waals surface area contributed by atoms with Gasteiger partial charge in [-0.3, -0.25) is 11.3 Å². The molecule has 1 aliphatic carbocycles. The van der Waals surface area contributed by atoms with Crippen LogP contribution in [0.5, 0.6) is 0 Å². The number of hydrazine groups is 1. The van der Waals surface area contributed by atoms with Crippen molar-refractivity contribution in [2.24, 2.45) is 11.8 Å². The molecule has 3 N–H and O–H groups in total. The van der Waals surface area contributed by atoms with E-state index in [-0.39, 0.29) is 0 Å².